The minimum absolute atomic E-state index is 0.189. The molecule has 1 aliphatic carbocycles. The van der Waals surface area contributed by atoms with Crippen molar-refractivity contribution in [3.63, 3.8) is 0 Å². The average Bonchev–Trinajstić information content (AvgIpc) is 2.83. The number of benzene rings is 2. The van der Waals surface area contributed by atoms with Crippen molar-refractivity contribution in [3.8, 4) is 16.9 Å². The quantitative estimate of drug-likeness (QED) is 0.303. The highest BCUT2D eigenvalue weighted by Crippen LogP contribution is 2.38. The molecule has 3 rings (SSSR count). The fourth-order valence-corrected chi connectivity index (χ4v) is 4.62. The van der Waals surface area contributed by atoms with Crippen molar-refractivity contribution in [2.45, 2.75) is 64.2 Å². The van der Waals surface area contributed by atoms with Gasteiger partial charge in [0.2, 0.25) is 5.91 Å². The van der Waals surface area contributed by atoms with Gasteiger partial charge in [-0.25, -0.2) is 4.39 Å². The second-order valence-electron chi connectivity index (χ2n) is 8.82. The molecule has 1 saturated carbocycles. The summed E-state index contributed by atoms with van der Waals surface area (Å²) in [6.45, 7) is 6.15. The molecule has 4 heteroatoms. The Kier molecular flexibility index (Phi) is 9.33. The zero-order valence-corrected chi connectivity index (χ0v) is 19.2. The lowest BCUT2D eigenvalue weighted by Crippen LogP contribution is -2.26. The molecule has 0 atom stereocenters. The Balaban J connectivity index is 1.52. The summed E-state index contributed by atoms with van der Waals surface area (Å²) in [5.41, 5.74) is 3.24. The van der Waals surface area contributed by atoms with E-state index in [4.69, 9.17) is 4.74 Å². The van der Waals surface area contributed by atoms with Gasteiger partial charge in [-0.05, 0) is 72.4 Å². The van der Waals surface area contributed by atoms with E-state index in [1.807, 2.05) is 6.07 Å². The van der Waals surface area contributed by atoms with Crippen LogP contribution >= 0.6 is 0 Å². The van der Waals surface area contributed by atoms with Gasteiger partial charge < -0.3 is 10.1 Å². The van der Waals surface area contributed by atoms with Crippen molar-refractivity contribution in [3.05, 3.63) is 66.5 Å². The molecule has 32 heavy (non-hydrogen) atoms. The molecule has 3 nitrogen and oxygen atoms in total. The number of rotatable bonds is 11. The third kappa shape index (κ3) is 6.94. The van der Waals surface area contributed by atoms with E-state index in [1.54, 1.807) is 6.07 Å². The number of ether oxygens (including phenoxy) is 1. The molecule has 0 spiro atoms. The van der Waals surface area contributed by atoms with Gasteiger partial charge in [-0.2, -0.15) is 0 Å². The van der Waals surface area contributed by atoms with Crippen LogP contribution in [0.2, 0.25) is 0 Å². The van der Waals surface area contributed by atoms with Gasteiger partial charge in [0.15, 0.2) is 11.6 Å². The van der Waals surface area contributed by atoms with Crippen LogP contribution < -0.4 is 10.1 Å². The van der Waals surface area contributed by atoms with Crippen LogP contribution in [0.15, 0.2) is 55.1 Å². The standard InChI is InChI=1S/C28H36FNO2/c1-3-5-6-7-21-8-10-22(11-9-21)23-12-14-24(15-13-23)25-16-17-27(26(29)20-25)32-19-18-30-28(31)4-2/h4,12-17,20-22H,2-3,5-11,18-19H2,1H3,(H,30,31). The van der Waals surface area contributed by atoms with Crippen LogP contribution in [0.1, 0.15) is 69.8 Å². The molecular weight excluding hydrogens is 401 g/mol. The number of carbonyl (C=O) groups excluding carboxylic acids is 1. The molecule has 172 valence electrons. The van der Waals surface area contributed by atoms with Crippen molar-refractivity contribution in [1.82, 2.24) is 5.32 Å². The topological polar surface area (TPSA) is 38.3 Å². The molecule has 0 aromatic heterocycles. The Morgan fingerprint density at radius 3 is 2.47 bits per heavy atom. The van der Waals surface area contributed by atoms with Gasteiger partial charge >= 0.3 is 0 Å². The minimum Gasteiger partial charge on any atom is -0.489 e. The molecule has 0 heterocycles. The first-order valence-electron chi connectivity index (χ1n) is 12.0. The lowest BCUT2D eigenvalue weighted by atomic mass is 9.77. The molecule has 2 aromatic rings. The van der Waals surface area contributed by atoms with E-state index in [0.29, 0.717) is 12.5 Å². The Bertz CT molecular complexity index is 870. The highest BCUT2D eigenvalue weighted by molar-refractivity contribution is 5.86. The zero-order chi connectivity index (χ0) is 22.8. The van der Waals surface area contributed by atoms with Gasteiger partial charge in [0, 0.05) is 0 Å². The Hall–Kier alpha value is -2.62. The smallest absolute Gasteiger partial charge is 0.243 e. The first kappa shape index (κ1) is 24.0. The van der Waals surface area contributed by atoms with E-state index >= 15 is 0 Å². The van der Waals surface area contributed by atoms with Crippen LogP contribution in [0.4, 0.5) is 4.39 Å². The lowest BCUT2D eigenvalue weighted by molar-refractivity contribution is -0.116. The number of halogens is 1. The van der Waals surface area contributed by atoms with Crippen molar-refractivity contribution in [1.29, 1.82) is 0 Å². The van der Waals surface area contributed by atoms with Crippen molar-refractivity contribution < 1.29 is 13.9 Å². The third-order valence-electron chi connectivity index (χ3n) is 6.55. The Morgan fingerprint density at radius 1 is 1.09 bits per heavy atom. The number of nitrogens with one attached hydrogen (secondary N) is 1. The van der Waals surface area contributed by atoms with Crippen LogP contribution in [-0.4, -0.2) is 19.1 Å². The summed E-state index contributed by atoms with van der Waals surface area (Å²) in [6, 6.07) is 13.6. The average molecular weight is 438 g/mol. The minimum atomic E-state index is -0.400. The highest BCUT2D eigenvalue weighted by atomic mass is 19.1. The summed E-state index contributed by atoms with van der Waals surface area (Å²) in [7, 11) is 0. The van der Waals surface area contributed by atoms with E-state index in [9.17, 15) is 9.18 Å². The maximum atomic E-state index is 14.5. The molecule has 1 N–H and O–H groups in total. The molecule has 1 fully saturated rings. The van der Waals surface area contributed by atoms with Crippen LogP contribution in [0.25, 0.3) is 11.1 Å². The molecule has 1 amide bonds. The highest BCUT2D eigenvalue weighted by Gasteiger charge is 2.22. The van der Waals surface area contributed by atoms with E-state index in [-0.39, 0.29) is 18.3 Å². The molecule has 0 aliphatic heterocycles. The van der Waals surface area contributed by atoms with Crippen LogP contribution in [-0.2, 0) is 4.79 Å². The number of carbonyl (C=O) groups is 1. The molecule has 0 radical (unpaired) electrons. The van der Waals surface area contributed by atoms with Crippen LogP contribution in [0, 0.1) is 11.7 Å². The molecule has 1 aliphatic rings. The maximum absolute atomic E-state index is 14.5. The largest absolute Gasteiger partial charge is 0.489 e. The van der Waals surface area contributed by atoms with E-state index in [0.717, 1.165) is 17.0 Å². The normalized spacial score (nSPS) is 18.2. The molecule has 0 saturated heterocycles. The SMILES string of the molecule is C=CC(=O)NCCOc1ccc(-c2ccc(C3CCC(CCCCC)CC3)cc2)cc1F. The van der Waals surface area contributed by atoms with Crippen molar-refractivity contribution in [2.75, 3.05) is 13.2 Å². The number of hydrogen-bond acceptors (Lipinski definition) is 2. The zero-order valence-electron chi connectivity index (χ0n) is 19.2. The van der Waals surface area contributed by atoms with E-state index in [1.165, 1.54) is 69.1 Å². The molecular formula is C28H36FNO2. The van der Waals surface area contributed by atoms with Gasteiger partial charge in [-0.3, -0.25) is 4.79 Å². The number of hydrogen-bond donors (Lipinski definition) is 1. The summed E-state index contributed by atoms with van der Waals surface area (Å²) in [6.07, 6.45) is 11.9. The summed E-state index contributed by atoms with van der Waals surface area (Å²) in [5, 5.41) is 2.60. The van der Waals surface area contributed by atoms with Gasteiger partial charge in [-0.1, -0.05) is 69.5 Å². The monoisotopic (exact) mass is 437 g/mol. The fraction of sp³-hybridized carbons (Fsp3) is 0.464. The summed E-state index contributed by atoms with van der Waals surface area (Å²) >= 11 is 0. The van der Waals surface area contributed by atoms with Crippen LogP contribution in [0.3, 0.4) is 0 Å². The second-order valence-corrected chi connectivity index (χ2v) is 8.82. The Morgan fingerprint density at radius 2 is 1.81 bits per heavy atom. The Labute approximate surface area is 192 Å². The van der Waals surface area contributed by atoms with Crippen LogP contribution in [0.5, 0.6) is 5.75 Å². The summed E-state index contributed by atoms with van der Waals surface area (Å²) in [5.74, 6) is 1.09. The fourth-order valence-electron chi connectivity index (χ4n) is 4.62. The summed E-state index contributed by atoms with van der Waals surface area (Å²) < 4.78 is 19.9. The van der Waals surface area contributed by atoms with Gasteiger partial charge in [-0.15, -0.1) is 0 Å². The molecule has 0 bridgehead atoms. The third-order valence-corrected chi connectivity index (χ3v) is 6.55. The second kappa shape index (κ2) is 12.4. The molecule has 0 unspecified atom stereocenters. The number of unbranched alkanes of at least 4 members (excludes halogenated alkanes) is 2. The van der Waals surface area contributed by atoms with Gasteiger partial charge in [0.1, 0.15) is 6.61 Å². The molecule has 2 aromatic carbocycles. The first-order valence-corrected chi connectivity index (χ1v) is 12.0. The first-order chi connectivity index (χ1) is 15.6. The number of amides is 1. The van der Waals surface area contributed by atoms with Gasteiger partial charge in [0.05, 0.1) is 6.54 Å². The van der Waals surface area contributed by atoms with Gasteiger partial charge in [0.25, 0.3) is 0 Å². The van der Waals surface area contributed by atoms with Crippen molar-refractivity contribution in [2.24, 2.45) is 5.92 Å². The summed E-state index contributed by atoms with van der Waals surface area (Å²) in [4.78, 5) is 11.1. The maximum Gasteiger partial charge on any atom is 0.243 e. The van der Waals surface area contributed by atoms with E-state index < -0.39 is 5.82 Å². The predicted molar refractivity (Wildman–Crippen MR) is 129 cm³/mol. The lowest BCUT2D eigenvalue weighted by Gasteiger charge is -2.29. The predicted octanol–water partition coefficient (Wildman–Crippen LogP) is 7.03. The van der Waals surface area contributed by atoms with Crippen molar-refractivity contribution >= 4 is 5.91 Å². The van der Waals surface area contributed by atoms with E-state index in [2.05, 4.69) is 43.1 Å².